The molecule has 1 aromatic heterocycles. The lowest BCUT2D eigenvalue weighted by atomic mass is 9.93. The lowest BCUT2D eigenvalue weighted by Gasteiger charge is -2.26. The molecule has 4 heteroatoms. The lowest BCUT2D eigenvalue weighted by Crippen LogP contribution is -2.29. The maximum atomic E-state index is 6.71. The molecule has 2 aliphatic heterocycles. The minimum atomic E-state index is -0.0525. The molecule has 0 amide bonds. The number of hydrogen-bond donors (Lipinski definition) is 2. The second-order valence-electron chi connectivity index (χ2n) is 11.5. The highest BCUT2D eigenvalue weighted by Gasteiger charge is 2.33. The summed E-state index contributed by atoms with van der Waals surface area (Å²) in [6.07, 6.45) is 17.6. The number of nitrogens with zero attached hydrogens (tertiary/aromatic N) is 1. The van der Waals surface area contributed by atoms with Crippen LogP contribution in [0.25, 0.3) is 34.4 Å². The third-order valence-electron chi connectivity index (χ3n) is 8.90. The second kappa shape index (κ2) is 9.06. The summed E-state index contributed by atoms with van der Waals surface area (Å²) < 4.78 is 9.19. The topological polar surface area (TPSA) is 38.2 Å². The van der Waals surface area contributed by atoms with Crippen LogP contribution in [0.2, 0.25) is 0 Å². The maximum Gasteiger partial charge on any atom is 0.176 e. The summed E-state index contributed by atoms with van der Waals surface area (Å²) in [6, 6.07) is 22.4. The van der Waals surface area contributed by atoms with Crippen molar-refractivity contribution in [2.45, 2.75) is 44.9 Å². The molecular weight excluding hydrogens is 490 g/mol. The molecule has 4 unspecified atom stereocenters. The smallest absolute Gasteiger partial charge is 0.176 e. The van der Waals surface area contributed by atoms with E-state index in [-0.39, 0.29) is 12.3 Å². The van der Waals surface area contributed by atoms with Gasteiger partial charge in [0.1, 0.15) is 0 Å². The van der Waals surface area contributed by atoms with Crippen LogP contribution in [0.15, 0.2) is 91.0 Å². The zero-order valence-corrected chi connectivity index (χ0v) is 22.9. The van der Waals surface area contributed by atoms with Crippen molar-refractivity contribution in [1.29, 1.82) is 0 Å². The van der Waals surface area contributed by atoms with Gasteiger partial charge in [-0.1, -0.05) is 79.8 Å². The number of ether oxygens (including phenoxy) is 1. The summed E-state index contributed by atoms with van der Waals surface area (Å²) in [5, 5.41) is 8.62. The second-order valence-corrected chi connectivity index (χ2v) is 11.5. The van der Waals surface area contributed by atoms with Crippen LogP contribution in [0.4, 0.5) is 5.69 Å². The molecule has 4 aromatic rings. The SMILES string of the molecule is CC1CC=Cc2c1n(-c1cccc(C3=Cc4ccccc4C(C)N3)c1)c1ccc3c(c21)OC(C1C=CC=CC1)N3. The fourth-order valence-electron chi connectivity index (χ4n) is 6.92. The summed E-state index contributed by atoms with van der Waals surface area (Å²) in [7, 11) is 0. The maximum absolute atomic E-state index is 6.71. The summed E-state index contributed by atoms with van der Waals surface area (Å²) in [5.41, 5.74) is 11.1. The molecule has 0 saturated heterocycles. The Morgan fingerprint density at radius 3 is 2.73 bits per heavy atom. The van der Waals surface area contributed by atoms with E-state index < -0.39 is 0 Å². The Kier molecular flexibility index (Phi) is 5.31. The van der Waals surface area contributed by atoms with Gasteiger partial charge < -0.3 is 19.9 Å². The van der Waals surface area contributed by atoms with E-state index in [1.165, 1.54) is 44.5 Å². The minimum Gasteiger partial charge on any atom is -0.467 e. The van der Waals surface area contributed by atoms with Crippen LogP contribution >= 0.6 is 0 Å². The van der Waals surface area contributed by atoms with Crippen molar-refractivity contribution in [1.82, 2.24) is 9.88 Å². The highest BCUT2D eigenvalue weighted by molar-refractivity contribution is 6.02. The Morgan fingerprint density at radius 2 is 1.82 bits per heavy atom. The van der Waals surface area contributed by atoms with Gasteiger partial charge >= 0.3 is 0 Å². The van der Waals surface area contributed by atoms with Crippen LogP contribution in [-0.4, -0.2) is 10.8 Å². The van der Waals surface area contributed by atoms with Crippen molar-refractivity contribution in [2.75, 3.05) is 5.32 Å². The van der Waals surface area contributed by atoms with Gasteiger partial charge in [-0.15, -0.1) is 0 Å². The Balaban J connectivity index is 1.26. The summed E-state index contributed by atoms with van der Waals surface area (Å²) in [4.78, 5) is 0. The minimum absolute atomic E-state index is 0.0525. The van der Waals surface area contributed by atoms with Crippen LogP contribution in [0.1, 0.15) is 66.6 Å². The number of rotatable bonds is 3. The third-order valence-corrected chi connectivity index (χ3v) is 8.90. The van der Waals surface area contributed by atoms with Crippen molar-refractivity contribution in [3.05, 3.63) is 119 Å². The number of nitrogens with one attached hydrogen (secondary N) is 2. The largest absolute Gasteiger partial charge is 0.467 e. The quantitative estimate of drug-likeness (QED) is 0.282. The molecule has 0 saturated carbocycles. The zero-order chi connectivity index (χ0) is 26.8. The Hall–Kier alpha value is -4.44. The summed E-state index contributed by atoms with van der Waals surface area (Å²) in [6.45, 7) is 4.58. The zero-order valence-electron chi connectivity index (χ0n) is 22.9. The number of fused-ring (bicyclic) bond motifs is 6. The monoisotopic (exact) mass is 523 g/mol. The molecule has 2 aliphatic carbocycles. The van der Waals surface area contributed by atoms with E-state index in [1.54, 1.807) is 0 Å². The highest BCUT2D eigenvalue weighted by Crippen LogP contribution is 2.48. The Morgan fingerprint density at radius 1 is 0.900 bits per heavy atom. The van der Waals surface area contributed by atoms with Crippen molar-refractivity contribution >= 4 is 34.4 Å². The molecule has 0 bridgehead atoms. The van der Waals surface area contributed by atoms with Crippen molar-refractivity contribution < 1.29 is 4.74 Å². The predicted octanol–water partition coefficient (Wildman–Crippen LogP) is 8.58. The molecule has 198 valence electrons. The van der Waals surface area contributed by atoms with Crippen molar-refractivity contribution in [3.63, 3.8) is 0 Å². The van der Waals surface area contributed by atoms with Crippen LogP contribution in [0.3, 0.4) is 0 Å². The molecule has 0 spiro atoms. The molecule has 2 N–H and O–H groups in total. The predicted molar refractivity (Wildman–Crippen MR) is 166 cm³/mol. The first-order chi connectivity index (χ1) is 19.7. The molecule has 3 heterocycles. The van der Waals surface area contributed by atoms with Crippen molar-refractivity contribution in [3.8, 4) is 11.4 Å². The van der Waals surface area contributed by atoms with E-state index in [2.05, 4.69) is 132 Å². The molecule has 4 atom stereocenters. The summed E-state index contributed by atoms with van der Waals surface area (Å²) >= 11 is 0. The molecule has 4 aliphatic rings. The van der Waals surface area contributed by atoms with Gasteiger partial charge in [-0.05, 0) is 66.8 Å². The molecule has 3 aromatic carbocycles. The molecule has 8 rings (SSSR count). The van der Waals surface area contributed by atoms with Crippen LogP contribution in [0.5, 0.6) is 5.75 Å². The molecule has 4 nitrogen and oxygen atoms in total. The normalized spacial score (nSPS) is 24.0. The number of benzene rings is 3. The van der Waals surface area contributed by atoms with Gasteiger partial charge in [0, 0.05) is 40.5 Å². The Labute approximate surface area is 235 Å². The fraction of sp³-hybridized carbons (Fsp3) is 0.222. The van der Waals surface area contributed by atoms with Crippen LogP contribution in [0, 0.1) is 5.92 Å². The molecule has 0 fully saturated rings. The van der Waals surface area contributed by atoms with E-state index in [4.69, 9.17) is 4.74 Å². The first kappa shape index (κ1) is 23.4. The van der Waals surface area contributed by atoms with E-state index in [0.29, 0.717) is 11.8 Å². The van der Waals surface area contributed by atoms with E-state index in [0.717, 1.165) is 30.0 Å². The van der Waals surface area contributed by atoms with Gasteiger partial charge in [-0.3, -0.25) is 0 Å². The van der Waals surface area contributed by atoms with Crippen LogP contribution in [-0.2, 0) is 0 Å². The number of hydrogen-bond acceptors (Lipinski definition) is 3. The standard InChI is InChI=1S/C36H33N3O/c1-22-10-8-17-29-33-32(19-18-30-35(33)40-36(38-30)24-11-4-3-5-12-24)39(34(22)29)27-15-9-14-26(20-27)31-21-25-13-6-7-16-28(25)23(2)37-31/h3-9,11,13-24,36-38H,10,12H2,1-2H3. The molecule has 0 radical (unpaired) electrons. The average Bonchev–Trinajstić information content (AvgIpc) is 3.58. The van der Waals surface area contributed by atoms with Gasteiger partial charge in [-0.25, -0.2) is 0 Å². The third kappa shape index (κ3) is 3.59. The fourth-order valence-corrected chi connectivity index (χ4v) is 6.92. The van der Waals surface area contributed by atoms with Gasteiger partial charge in [0.15, 0.2) is 12.0 Å². The van der Waals surface area contributed by atoms with E-state index in [1.807, 2.05) is 0 Å². The van der Waals surface area contributed by atoms with Gasteiger partial charge in [-0.2, -0.15) is 0 Å². The number of allylic oxidation sites excluding steroid dienone is 4. The van der Waals surface area contributed by atoms with Crippen LogP contribution < -0.4 is 15.4 Å². The summed E-state index contributed by atoms with van der Waals surface area (Å²) in [5.74, 6) is 1.71. The van der Waals surface area contributed by atoms with Gasteiger partial charge in [0.2, 0.25) is 0 Å². The van der Waals surface area contributed by atoms with Gasteiger partial charge in [0.05, 0.1) is 16.6 Å². The number of anilines is 1. The van der Waals surface area contributed by atoms with Crippen molar-refractivity contribution in [2.24, 2.45) is 5.92 Å². The van der Waals surface area contributed by atoms with Gasteiger partial charge in [0.25, 0.3) is 0 Å². The molecular formula is C36H33N3O. The average molecular weight is 524 g/mol. The molecule has 40 heavy (non-hydrogen) atoms. The number of aromatic nitrogens is 1. The lowest BCUT2D eigenvalue weighted by molar-refractivity contribution is 0.206. The highest BCUT2D eigenvalue weighted by atomic mass is 16.5. The Bertz CT molecular complexity index is 1790. The first-order valence-electron chi connectivity index (χ1n) is 14.5. The van der Waals surface area contributed by atoms with E-state index in [9.17, 15) is 0 Å². The van der Waals surface area contributed by atoms with E-state index >= 15 is 0 Å². The first-order valence-corrected chi connectivity index (χ1v) is 14.5.